The van der Waals surface area contributed by atoms with E-state index in [0.717, 1.165) is 0 Å². The van der Waals surface area contributed by atoms with Gasteiger partial charge < -0.3 is 19.4 Å². The average molecular weight is 492 g/mol. The molecule has 2 aromatic carbocycles. The van der Waals surface area contributed by atoms with Crippen LogP contribution < -0.4 is 15.3 Å². The van der Waals surface area contributed by atoms with Gasteiger partial charge in [0.2, 0.25) is 5.91 Å². The predicted molar refractivity (Wildman–Crippen MR) is 130 cm³/mol. The van der Waals surface area contributed by atoms with E-state index in [1.54, 1.807) is 59.5 Å². The van der Waals surface area contributed by atoms with Crippen LogP contribution in [0.15, 0.2) is 71.4 Å². The summed E-state index contributed by atoms with van der Waals surface area (Å²) in [5, 5.41) is 1.34. The molecular formula is C25H25N5O6. The number of nitrogens with zero attached hydrogens (tertiary/aromatic N) is 4. The molecule has 36 heavy (non-hydrogen) atoms. The average Bonchev–Trinajstić information content (AvgIpc) is 3.28. The molecule has 11 heteroatoms. The van der Waals surface area contributed by atoms with Gasteiger partial charge in [-0.3, -0.25) is 14.4 Å². The molecule has 3 amide bonds. The van der Waals surface area contributed by atoms with Crippen LogP contribution in [0.2, 0.25) is 0 Å². The second-order valence-corrected chi connectivity index (χ2v) is 8.01. The van der Waals surface area contributed by atoms with Crippen LogP contribution in [0.4, 0.5) is 5.69 Å². The summed E-state index contributed by atoms with van der Waals surface area (Å²) in [6.07, 6.45) is 1.23. The zero-order valence-corrected chi connectivity index (χ0v) is 19.8. The van der Waals surface area contributed by atoms with Crippen molar-refractivity contribution in [3.05, 3.63) is 71.9 Å². The standard InChI is InChI=1S/C25H25N5O6/c1-17(31)28-12-14-29(15-13-28)24(33)21(26-23(32)18-6-4-3-5-7-18)16-22-25(34)36-27-30(22)19-8-10-20(35-2)11-9-19/h3-11,16,27H,12-15H2,1-2H3/b22-16+,26-21?. The van der Waals surface area contributed by atoms with E-state index in [9.17, 15) is 19.2 Å². The number of carbonyl (C=O) groups excluding carboxylic acids is 4. The van der Waals surface area contributed by atoms with Crippen molar-refractivity contribution < 1.29 is 28.8 Å². The smallest absolute Gasteiger partial charge is 0.376 e. The number of amides is 3. The Balaban J connectivity index is 1.68. The van der Waals surface area contributed by atoms with E-state index in [1.165, 1.54) is 30.0 Å². The highest BCUT2D eigenvalue weighted by Gasteiger charge is 2.32. The number of nitrogens with one attached hydrogen (secondary N) is 1. The van der Waals surface area contributed by atoms with Crippen LogP contribution in [-0.4, -0.2) is 72.5 Å². The van der Waals surface area contributed by atoms with Gasteiger partial charge >= 0.3 is 5.97 Å². The first-order valence-corrected chi connectivity index (χ1v) is 11.2. The largest absolute Gasteiger partial charge is 0.497 e. The van der Waals surface area contributed by atoms with Gasteiger partial charge in [-0.1, -0.05) is 23.8 Å². The molecular weight excluding hydrogens is 466 g/mol. The Bertz CT molecular complexity index is 1220. The molecule has 1 N–H and O–H groups in total. The lowest BCUT2D eigenvalue weighted by atomic mass is 10.2. The van der Waals surface area contributed by atoms with Gasteiger partial charge in [0.15, 0.2) is 5.70 Å². The number of benzene rings is 2. The summed E-state index contributed by atoms with van der Waals surface area (Å²) in [6.45, 7) is 2.73. The Morgan fingerprint density at radius 3 is 2.22 bits per heavy atom. The van der Waals surface area contributed by atoms with Gasteiger partial charge in [-0.05, 0) is 36.4 Å². The summed E-state index contributed by atoms with van der Waals surface area (Å²) in [7, 11) is 1.54. The maximum absolute atomic E-state index is 13.5. The number of rotatable bonds is 5. The molecule has 186 valence electrons. The second-order valence-electron chi connectivity index (χ2n) is 8.01. The molecule has 0 bridgehead atoms. The molecule has 0 aromatic heterocycles. The predicted octanol–water partition coefficient (Wildman–Crippen LogP) is 1.33. The Labute approximate surface area is 207 Å². The number of hydrazine groups is 1. The molecule has 0 unspecified atom stereocenters. The van der Waals surface area contributed by atoms with Crippen molar-refractivity contribution in [2.24, 2.45) is 4.99 Å². The Hall–Kier alpha value is -4.51. The van der Waals surface area contributed by atoms with Gasteiger partial charge in [0.1, 0.15) is 11.5 Å². The SMILES string of the molecule is COc1ccc(N2NOC(=O)/C2=C\C(=NC(=O)c2ccccc2)C(=O)N2CCN(C(C)=O)CC2)cc1. The zero-order chi connectivity index (χ0) is 25.7. The number of aliphatic imine (C=N–C) groups is 1. The first kappa shape index (κ1) is 24.6. The zero-order valence-electron chi connectivity index (χ0n) is 19.8. The van der Waals surface area contributed by atoms with Crippen molar-refractivity contribution in [1.82, 2.24) is 15.4 Å². The minimum absolute atomic E-state index is 0.0319. The molecule has 0 spiro atoms. The summed E-state index contributed by atoms with van der Waals surface area (Å²) in [5.41, 5.74) is 3.07. The van der Waals surface area contributed by atoms with Gasteiger partial charge in [-0.15, -0.1) is 0 Å². The van der Waals surface area contributed by atoms with E-state index in [0.29, 0.717) is 30.1 Å². The molecule has 0 saturated carbocycles. The highest BCUT2D eigenvalue weighted by Crippen LogP contribution is 2.24. The molecule has 2 saturated heterocycles. The monoisotopic (exact) mass is 491 g/mol. The van der Waals surface area contributed by atoms with Gasteiger partial charge in [-0.25, -0.2) is 14.8 Å². The Morgan fingerprint density at radius 1 is 0.972 bits per heavy atom. The Morgan fingerprint density at radius 2 is 1.61 bits per heavy atom. The maximum atomic E-state index is 13.5. The lowest BCUT2D eigenvalue weighted by Crippen LogP contribution is -2.51. The molecule has 11 nitrogen and oxygen atoms in total. The van der Waals surface area contributed by atoms with Crippen molar-refractivity contribution >= 4 is 35.1 Å². The lowest BCUT2D eigenvalue weighted by Gasteiger charge is -2.34. The summed E-state index contributed by atoms with van der Waals surface area (Å²) in [6, 6.07) is 15.1. The van der Waals surface area contributed by atoms with E-state index in [1.807, 2.05) is 0 Å². The second kappa shape index (κ2) is 10.8. The minimum Gasteiger partial charge on any atom is -0.497 e. The van der Waals surface area contributed by atoms with E-state index >= 15 is 0 Å². The summed E-state index contributed by atoms with van der Waals surface area (Å²) in [5.74, 6) is -1.38. The van der Waals surface area contributed by atoms with Crippen LogP contribution >= 0.6 is 0 Å². The van der Waals surface area contributed by atoms with E-state index in [4.69, 9.17) is 9.57 Å². The highest BCUT2D eigenvalue weighted by atomic mass is 16.7. The van der Waals surface area contributed by atoms with Crippen LogP contribution in [0.1, 0.15) is 17.3 Å². The lowest BCUT2D eigenvalue weighted by molar-refractivity contribution is -0.140. The van der Waals surface area contributed by atoms with Crippen LogP contribution in [0.25, 0.3) is 0 Å². The number of hydrogen-bond acceptors (Lipinski definition) is 8. The normalized spacial score (nSPS) is 17.3. The van der Waals surface area contributed by atoms with E-state index in [-0.39, 0.29) is 30.4 Å². The van der Waals surface area contributed by atoms with Crippen LogP contribution in [0.3, 0.4) is 0 Å². The first-order valence-electron chi connectivity index (χ1n) is 11.2. The number of methoxy groups -OCH3 is 1. The molecule has 2 aliphatic heterocycles. The third kappa shape index (κ3) is 5.41. The minimum atomic E-state index is -0.750. The van der Waals surface area contributed by atoms with Gasteiger partial charge in [-0.2, -0.15) is 0 Å². The van der Waals surface area contributed by atoms with E-state index in [2.05, 4.69) is 10.6 Å². The molecule has 2 aromatic rings. The fourth-order valence-corrected chi connectivity index (χ4v) is 3.74. The summed E-state index contributed by atoms with van der Waals surface area (Å²) in [4.78, 5) is 62.7. The summed E-state index contributed by atoms with van der Waals surface area (Å²) >= 11 is 0. The van der Waals surface area contributed by atoms with Crippen LogP contribution in [-0.2, 0) is 19.2 Å². The number of carbonyl (C=O) groups is 4. The van der Waals surface area contributed by atoms with Crippen molar-refractivity contribution in [3.63, 3.8) is 0 Å². The van der Waals surface area contributed by atoms with Crippen molar-refractivity contribution in [2.45, 2.75) is 6.92 Å². The fraction of sp³-hybridized carbons (Fsp3) is 0.240. The fourth-order valence-electron chi connectivity index (χ4n) is 3.74. The van der Waals surface area contributed by atoms with Crippen molar-refractivity contribution in [1.29, 1.82) is 0 Å². The quantitative estimate of drug-likeness (QED) is 0.491. The number of piperazine rings is 1. The summed E-state index contributed by atoms with van der Waals surface area (Å²) < 4.78 is 5.17. The topological polar surface area (TPSA) is 121 Å². The Kier molecular flexibility index (Phi) is 7.40. The highest BCUT2D eigenvalue weighted by molar-refractivity contribution is 6.45. The van der Waals surface area contributed by atoms with Crippen molar-refractivity contribution in [2.75, 3.05) is 38.3 Å². The van der Waals surface area contributed by atoms with Crippen LogP contribution in [0, 0.1) is 0 Å². The number of ether oxygens (including phenoxy) is 1. The van der Waals surface area contributed by atoms with E-state index < -0.39 is 17.8 Å². The van der Waals surface area contributed by atoms with Crippen molar-refractivity contribution in [3.8, 4) is 5.75 Å². The number of hydrogen-bond donors (Lipinski definition) is 1. The molecule has 4 rings (SSSR count). The molecule has 0 aliphatic carbocycles. The molecule has 0 radical (unpaired) electrons. The third-order valence-corrected chi connectivity index (χ3v) is 5.76. The molecule has 2 aliphatic rings. The van der Waals surface area contributed by atoms with Crippen LogP contribution in [0.5, 0.6) is 5.75 Å². The first-order chi connectivity index (χ1) is 17.4. The van der Waals surface area contributed by atoms with Gasteiger partial charge in [0.25, 0.3) is 11.8 Å². The van der Waals surface area contributed by atoms with Gasteiger partial charge in [0, 0.05) is 44.7 Å². The third-order valence-electron chi connectivity index (χ3n) is 5.76. The molecule has 0 atom stereocenters. The molecule has 2 heterocycles. The molecule has 2 fully saturated rings. The number of anilines is 1. The maximum Gasteiger partial charge on any atom is 0.376 e. The van der Waals surface area contributed by atoms with Gasteiger partial charge in [0.05, 0.1) is 12.8 Å².